The number of nitrogens with one attached hydrogen (secondary N) is 1. The van der Waals surface area contributed by atoms with Gasteiger partial charge in [0.05, 0.1) is 10.8 Å². The molecule has 3 fully saturated rings. The van der Waals surface area contributed by atoms with E-state index in [0.717, 1.165) is 0 Å². The van der Waals surface area contributed by atoms with Gasteiger partial charge in [0.15, 0.2) is 0 Å². The molecule has 3 rings (SSSR count). The number of halogens is 2. The van der Waals surface area contributed by atoms with E-state index >= 15 is 0 Å². The number of nitrogens with zero attached hydrogens (tertiary/aromatic N) is 1. The standard InChI is InChI=1S/C12H18F2N2O3S/c13-12(14)4-1-9(7-12)20(18,19)16-6-5-11(8-16)3-2-10(17)15-11/h9H,1-8H2,(H,15,17). The van der Waals surface area contributed by atoms with E-state index in [0.29, 0.717) is 25.8 Å². The van der Waals surface area contributed by atoms with Crippen LogP contribution in [0.1, 0.15) is 38.5 Å². The zero-order chi connectivity index (χ0) is 14.6. The summed E-state index contributed by atoms with van der Waals surface area (Å²) in [5, 5.41) is 1.86. The topological polar surface area (TPSA) is 66.5 Å². The van der Waals surface area contributed by atoms with Crippen molar-refractivity contribution in [3.63, 3.8) is 0 Å². The number of sulfonamides is 1. The van der Waals surface area contributed by atoms with Crippen molar-refractivity contribution in [2.45, 2.75) is 55.2 Å². The number of hydrogen-bond donors (Lipinski definition) is 1. The van der Waals surface area contributed by atoms with Gasteiger partial charge in [0.1, 0.15) is 0 Å². The average Bonchev–Trinajstić information content (AvgIpc) is 3.01. The van der Waals surface area contributed by atoms with Crippen LogP contribution in [0.4, 0.5) is 8.78 Å². The highest BCUT2D eigenvalue weighted by molar-refractivity contribution is 7.89. The smallest absolute Gasteiger partial charge is 0.249 e. The Labute approximate surface area is 116 Å². The van der Waals surface area contributed by atoms with E-state index in [1.807, 2.05) is 0 Å². The Balaban J connectivity index is 1.72. The van der Waals surface area contributed by atoms with Gasteiger partial charge in [-0.25, -0.2) is 17.2 Å². The molecule has 1 spiro atoms. The molecule has 3 aliphatic rings. The monoisotopic (exact) mass is 308 g/mol. The van der Waals surface area contributed by atoms with Gasteiger partial charge in [-0.15, -0.1) is 0 Å². The van der Waals surface area contributed by atoms with E-state index in [2.05, 4.69) is 5.32 Å². The van der Waals surface area contributed by atoms with Crippen LogP contribution in [0.15, 0.2) is 0 Å². The van der Waals surface area contributed by atoms with Crippen molar-refractivity contribution >= 4 is 15.9 Å². The quantitative estimate of drug-likeness (QED) is 0.823. The van der Waals surface area contributed by atoms with Gasteiger partial charge < -0.3 is 5.32 Å². The lowest BCUT2D eigenvalue weighted by molar-refractivity contribution is -0.119. The Hall–Kier alpha value is -0.760. The van der Waals surface area contributed by atoms with Crippen molar-refractivity contribution in [2.24, 2.45) is 0 Å². The van der Waals surface area contributed by atoms with Crippen LogP contribution < -0.4 is 5.32 Å². The number of rotatable bonds is 2. The minimum Gasteiger partial charge on any atom is -0.349 e. The largest absolute Gasteiger partial charge is 0.349 e. The molecule has 0 aromatic heterocycles. The fraction of sp³-hybridized carbons (Fsp3) is 0.917. The molecule has 1 saturated carbocycles. The molecule has 2 atom stereocenters. The van der Waals surface area contributed by atoms with Crippen molar-refractivity contribution in [3.05, 3.63) is 0 Å². The summed E-state index contributed by atoms with van der Waals surface area (Å²) in [6.45, 7) is 0.536. The van der Waals surface area contributed by atoms with Gasteiger partial charge in [0.2, 0.25) is 21.9 Å². The Morgan fingerprint density at radius 1 is 1.25 bits per heavy atom. The molecule has 114 valence electrons. The van der Waals surface area contributed by atoms with Gasteiger partial charge in [-0.2, -0.15) is 4.31 Å². The lowest BCUT2D eigenvalue weighted by Gasteiger charge is -2.25. The van der Waals surface area contributed by atoms with E-state index in [9.17, 15) is 22.0 Å². The van der Waals surface area contributed by atoms with Crippen LogP contribution >= 0.6 is 0 Å². The molecule has 5 nitrogen and oxygen atoms in total. The molecular weight excluding hydrogens is 290 g/mol. The fourth-order valence-corrected chi connectivity index (χ4v) is 5.57. The van der Waals surface area contributed by atoms with E-state index in [1.165, 1.54) is 4.31 Å². The third-order valence-corrected chi connectivity index (χ3v) is 6.97. The predicted molar refractivity (Wildman–Crippen MR) is 67.8 cm³/mol. The van der Waals surface area contributed by atoms with Crippen LogP contribution in [0.2, 0.25) is 0 Å². The first kappa shape index (κ1) is 14.2. The number of hydrogen-bond acceptors (Lipinski definition) is 3. The molecule has 1 amide bonds. The van der Waals surface area contributed by atoms with Crippen LogP contribution in [0.3, 0.4) is 0 Å². The van der Waals surface area contributed by atoms with Gasteiger partial charge in [-0.05, 0) is 19.3 Å². The van der Waals surface area contributed by atoms with Crippen molar-refractivity contribution in [2.75, 3.05) is 13.1 Å². The third-order valence-electron chi connectivity index (χ3n) is 4.69. The van der Waals surface area contributed by atoms with Crippen LogP contribution in [0.25, 0.3) is 0 Å². The number of alkyl halides is 2. The Kier molecular flexibility index (Phi) is 3.10. The SMILES string of the molecule is O=C1CCC2(CCN(S(=O)(=O)C3CCC(F)(F)C3)C2)N1. The molecule has 0 aromatic carbocycles. The first-order valence-corrected chi connectivity index (χ1v) is 8.41. The maximum atomic E-state index is 13.2. The second kappa shape index (κ2) is 4.37. The highest BCUT2D eigenvalue weighted by Gasteiger charge is 2.51. The van der Waals surface area contributed by atoms with Gasteiger partial charge in [0, 0.05) is 32.4 Å². The maximum absolute atomic E-state index is 13.2. The molecule has 2 heterocycles. The van der Waals surface area contributed by atoms with E-state index in [1.54, 1.807) is 0 Å². The van der Waals surface area contributed by atoms with Gasteiger partial charge in [-0.1, -0.05) is 0 Å². The summed E-state index contributed by atoms with van der Waals surface area (Å²) in [4.78, 5) is 11.3. The van der Waals surface area contributed by atoms with Gasteiger partial charge >= 0.3 is 0 Å². The zero-order valence-electron chi connectivity index (χ0n) is 11.1. The van der Waals surface area contributed by atoms with E-state index in [-0.39, 0.29) is 25.3 Å². The van der Waals surface area contributed by atoms with Crippen LogP contribution in [0.5, 0.6) is 0 Å². The van der Waals surface area contributed by atoms with Crippen LogP contribution in [-0.4, -0.2) is 48.4 Å². The Morgan fingerprint density at radius 3 is 2.55 bits per heavy atom. The van der Waals surface area contributed by atoms with E-state index in [4.69, 9.17) is 0 Å². The second-order valence-electron chi connectivity index (χ2n) is 6.18. The molecule has 0 aromatic rings. The summed E-state index contributed by atoms with van der Waals surface area (Å²) in [5.74, 6) is -2.92. The van der Waals surface area contributed by atoms with Crippen molar-refractivity contribution in [1.29, 1.82) is 0 Å². The Morgan fingerprint density at radius 2 is 2.00 bits per heavy atom. The normalized spacial score (nSPS) is 37.7. The molecule has 2 saturated heterocycles. The van der Waals surface area contributed by atoms with Crippen molar-refractivity contribution in [3.8, 4) is 0 Å². The van der Waals surface area contributed by atoms with Gasteiger partial charge in [-0.3, -0.25) is 4.79 Å². The zero-order valence-corrected chi connectivity index (χ0v) is 11.9. The molecular formula is C12H18F2N2O3S. The first-order valence-electron chi connectivity index (χ1n) is 6.90. The maximum Gasteiger partial charge on any atom is 0.249 e. The number of amides is 1. The van der Waals surface area contributed by atoms with E-state index < -0.39 is 33.2 Å². The summed E-state index contributed by atoms with van der Waals surface area (Å²) in [6, 6.07) is 0. The van der Waals surface area contributed by atoms with Crippen LogP contribution in [0, 0.1) is 0 Å². The highest BCUT2D eigenvalue weighted by atomic mass is 32.2. The molecule has 1 aliphatic carbocycles. The summed E-state index contributed by atoms with van der Waals surface area (Å²) in [7, 11) is -3.69. The average molecular weight is 308 g/mol. The number of carbonyl (C=O) groups is 1. The highest BCUT2D eigenvalue weighted by Crippen LogP contribution is 2.41. The van der Waals surface area contributed by atoms with Crippen molar-refractivity contribution in [1.82, 2.24) is 9.62 Å². The summed E-state index contributed by atoms with van der Waals surface area (Å²) in [5.41, 5.74) is -0.467. The van der Waals surface area contributed by atoms with Crippen molar-refractivity contribution < 1.29 is 22.0 Å². The fourth-order valence-electron chi connectivity index (χ4n) is 3.51. The molecule has 2 aliphatic heterocycles. The predicted octanol–water partition coefficient (Wildman–Crippen LogP) is 0.859. The first-order chi connectivity index (χ1) is 9.23. The molecule has 20 heavy (non-hydrogen) atoms. The number of carbonyl (C=O) groups excluding carboxylic acids is 1. The summed E-state index contributed by atoms with van der Waals surface area (Å²) < 4.78 is 52.6. The van der Waals surface area contributed by atoms with Gasteiger partial charge in [0.25, 0.3) is 0 Å². The molecule has 1 N–H and O–H groups in total. The molecule has 0 radical (unpaired) electrons. The summed E-state index contributed by atoms with van der Waals surface area (Å²) in [6.07, 6.45) is 0.693. The molecule has 8 heteroatoms. The molecule has 0 bridgehead atoms. The lowest BCUT2D eigenvalue weighted by Crippen LogP contribution is -2.46. The summed E-state index contributed by atoms with van der Waals surface area (Å²) >= 11 is 0. The Bertz CT molecular complexity index is 537. The van der Waals surface area contributed by atoms with Crippen LogP contribution in [-0.2, 0) is 14.8 Å². The third kappa shape index (κ3) is 2.32. The lowest BCUT2D eigenvalue weighted by atomic mass is 9.97. The minimum atomic E-state index is -3.69. The second-order valence-corrected chi connectivity index (χ2v) is 8.39. The minimum absolute atomic E-state index is 0.0190. The molecule has 2 unspecified atom stereocenters.